The lowest BCUT2D eigenvalue weighted by Crippen LogP contribution is -2.41. The van der Waals surface area contributed by atoms with Gasteiger partial charge in [-0.05, 0) is 43.0 Å². The summed E-state index contributed by atoms with van der Waals surface area (Å²) in [7, 11) is -1.97. The van der Waals surface area contributed by atoms with Crippen molar-refractivity contribution in [3.05, 3.63) is 42.9 Å². The van der Waals surface area contributed by atoms with Gasteiger partial charge in [-0.15, -0.1) is 0 Å². The van der Waals surface area contributed by atoms with Gasteiger partial charge in [0.25, 0.3) is 0 Å². The third kappa shape index (κ3) is 4.46. The Balaban J connectivity index is 1.60. The number of hydrogen-bond acceptors (Lipinski definition) is 6. The number of ether oxygens (including phenoxy) is 1. The Kier molecular flexibility index (Phi) is 5.50. The molecule has 0 spiro atoms. The molecule has 0 bridgehead atoms. The van der Waals surface area contributed by atoms with Crippen molar-refractivity contribution in [3.63, 3.8) is 0 Å². The normalized spacial score (nSPS) is 18.1. The van der Waals surface area contributed by atoms with Crippen LogP contribution in [0.2, 0.25) is 0 Å². The van der Waals surface area contributed by atoms with Crippen LogP contribution in [0.15, 0.2) is 47.8 Å². The number of hydrogen-bond donors (Lipinski definition) is 1. The zero-order valence-electron chi connectivity index (χ0n) is 14.1. The first-order chi connectivity index (χ1) is 12.1. The van der Waals surface area contributed by atoms with E-state index in [2.05, 4.69) is 19.6 Å². The lowest BCUT2D eigenvalue weighted by Gasteiger charge is -2.33. The zero-order chi connectivity index (χ0) is 17.7. The van der Waals surface area contributed by atoms with Crippen molar-refractivity contribution < 1.29 is 13.2 Å². The molecule has 2 aromatic rings. The van der Waals surface area contributed by atoms with Crippen LogP contribution in [0.1, 0.15) is 12.8 Å². The number of methoxy groups -OCH3 is 1. The first-order valence-corrected chi connectivity index (χ1v) is 9.71. The Hall–Kier alpha value is -2.19. The predicted molar refractivity (Wildman–Crippen MR) is 95.2 cm³/mol. The van der Waals surface area contributed by atoms with Crippen molar-refractivity contribution in [2.45, 2.75) is 17.7 Å². The molecule has 1 N–H and O–H groups in total. The van der Waals surface area contributed by atoms with Gasteiger partial charge in [-0.3, -0.25) is 4.98 Å². The topological polar surface area (TPSA) is 84.4 Å². The number of anilines is 1. The average Bonchev–Trinajstić information content (AvgIpc) is 2.67. The lowest BCUT2D eigenvalue weighted by atomic mass is 9.98. The number of sulfonamides is 1. The van der Waals surface area contributed by atoms with E-state index in [0.717, 1.165) is 31.7 Å². The molecule has 1 aliphatic heterocycles. The van der Waals surface area contributed by atoms with Gasteiger partial charge in [0.1, 0.15) is 11.6 Å². The molecule has 1 aliphatic rings. The van der Waals surface area contributed by atoms with E-state index in [4.69, 9.17) is 4.74 Å². The van der Waals surface area contributed by atoms with Gasteiger partial charge in [0.05, 0.1) is 18.2 Å². The van der Waals surface area contributed by atoms with E-state index >= 15 is 0 Å². The Morgan fingerprint density at radius 3 is 2.76 bits per heavy atom. The molecular formula is C17H22N4O3S. The minimum Gasteiger partial charge on any atom is -0.497 e. The molecule has 25 heavy (non-hydrogen) atoms. The number of rotatable bonds is 6. The van der Waals surface area contributed by atoms with Crippen LogP contribution in [0, 0.1) is 5.92 Å². The van der Waals surface area contributed by atoms with Crippen LogP contribution in [0.3, 0.4) is 0 Å². The molecule has 1 aromatic carbocycles. The van der Waals surface area contributed by atoms with Crippen molar-refractivity contribution in [3.8, 4) is 5.75 Å². The molecule has 3 rings (SSSR count). The summed E-state index contributed by atoms with van der Waals surface area (Å²) < 4.78 is 32.7. The summed E-state index contributed by atoms with van der Waals surface area (Å²) in [5, 5.41) is 0. The second kappa shape index (κ2) is 7.79. The molecule has 0 aliphatic carbocycles. The van der Waals surface area contributed by atoms with Crippen LogP contribution in [-0.4, -0.2) is 45.1 Å². The molecule has 0 saturated carbocycles. The van der Waals surface area contributed by atoms with E-state index in [-0.39, 0.29) is 10.8 Å². The summed E-state index contributed by atoms with van der Waals surface area (Å²) in [6.07, 6.45) is 7.05. The maximum atomic E-state index is 12.4. The van der Waals surface area contributed by atoms with Gasteiger partial charge in [0, 0.05) is 32.0 Å². The quantitative estimate of drug-likeness (QED) is 0.842. The molecule has 2 heterocycles. The Bertz CT molecular complexity index is 781. The molecule has 1 unspecified atom stereocenters. The van der Waals surface area contributed by atoms with E-state index in [9.17, 15) is 8.42 Å². The van der Waals surface area contributed by atoms with Crippen LogP contribution in [0.4, 0.5) is 5.82 Å². The maximum absolute atomic E-state index is 12.4. The van der Waals surface area contributed by atoms with E-state index < -0.39 is 10.0 Å². The predicted octanol–water partition coefficient (Wildman–Crippen LogP) is 1.68. The number of piperidine rings is 1. The second-order valence-corrected chi connectivity index (χ2v) is 7.81. The van der Waals surface area contributed by atoms with Crippen molar-refractivity contribution in [1.29, 1.82) is 0 Å². The highest BCUT2D eigenvalue weighted by molar-refractivity contribution is 7.89. The lowest BCUT2D eigenvalue weighted by molar-refractivity contribution is 0.409. The minimum absolute atomic E-state index is 0.240. The number of nitrogens with one attached hydrogen (secondary N) is 1. The van der Waals surface area contributed by atoms with E-state index in [0.29, 0.717) is 12.3 Å². The van der Waals surface area contributed by atoms with Crippen LogP contribution in [0.25, 0.3) is 0 Å². The van der Waals surface area contributed by atoms with E-state index in [1.807, 2.05) is 0 Å². The van der Waals surface area contributed by atoms with Gasteiger partial charge in [0.15, 0.2) is 0 Å². The molecule has 1 fully saturated rings. The van der Waals surface area contributed by atoms with Crippen LogP contribution in [-0.2, 0) is 10.0 Å². The Labute approximate surface area is 148 Å². The summed E-state index contributed by atoms with van der Waals surface area (Å²) in [5.41, 5.74) is 0. The molecule has 1 saturated heterocycles. The fourth-order valence-electron chi connectivity index (χ4n) is 2.96. The monoisotopic (exact) mass is 362 g/mol. The van der Waals surface area contributed by atoms with Gasteiger partial charge < -0.3 is 9.64 Å². The van der Waals surface area contributed by atoms with E-state index in [1.165, 1.54) is 0 Å². The number of benzene rings is 1. The van der Waals surface area contributed by atoms with Gasteiger partial charge >= 0.3 is 0 Å². The molecule has 8 heteroatoms. The maximum Gasteiger partial charge on any atom is 0.240 e. The largest absolute Gasteiger partial charge is 0.497 e. The van der Waals surface area contributed by atoms with Gasteiger partial charge in [-0.25, -0.2) is 18.1 Å². The summed E-state index contributed by atoms with van der Waals surface area (Å²) in [4.78, 5) is 10.8. The molecule has 0 amide bonds. The highest BCUT2D eigenvalue weighted by atomic mass is 32.2. The van der Waals surface area contributed by atoms with Crippen molar-refractivity contribution in [2.24, 2.45) is 5.92 Å². The molecule has 1 aromatic heterocycles. The highest BCUT2D eigenvalue weighted by Crippen LogP contribution is 2.21. The number of aromatic nitrogens is 2. The van der Waals surface area contributed by atoms with Gasteiger partial charge in [0.2, 0.25) is 10.0 Å². The van der Waals surface area contributed by atoms with E-state index in [1.54, 1.807) is 50.0 Å². The fraction of sp³-hybridized carbons (Fsp3) is 0.412. The first kappa shape index (κ1) is 17.6. The van der Waals surface area contributed by atoms with Crippen LogP contribution >= 0.6 is 0 Å². The minimum atomic E-state index is -3.52. The summed E-state index contributed by atoms with van der Waals surface area (Å²) in [6.45, 7) is 2.09. The van der Waals surface area contributed by atoms with Gasteiger partial charge in [-0.1, -0.05) is 0 Å². The molecule has 1 atom stereocenters. The summed E-state index contributed by atoms with van der Waals surface area (Å²) >= 11 is 0. The zero-order valence-corrected chi connectivity index (χ0v) is 14.9. The van der Waals surface area contributed by atoms with Crippen molar-refractivity contribution >= 4 is 15.8 Å². The molecule has 0 radical (unpaired) electrons. The summed E-state index contributed by atoms with van der Waals surface area (Å²) in [5.74, 6) is 1.71. The Morgan fingerprint density at radius 1 is 1.28 bits per heavy atom. The molecule has 134 valence electrons. The third-order valence-corrected chi connectivity index (χ3v) is 5.76. The SMILES string of the molecule is COc1ccc(S(=O)(=O)NCC2CCCN(c3cnccn3)C2)cc1. The Morgan fingerprint density at radius 2 is 2.08 bits per heavy atom. The number of nitrogens with zero attached hydrogens (tertiary/aromatic N) is 3. The van der Waals surface area contributed by atoms with Crippen molar-refractivity contribution in [1.82, 2.24) is 14.7 Å². The molecular weight excluding hydrogens is 340 g/mol. The molecule has 7 nitrogen and oxygen atoms in total. The van der Waals surface area contributed by atoms with Gasteiger partial charge in [-0.2, -0.15) is 0 Å². The second-order valence-electron chi connectivity index (χ2n) is 6.05. The fourth-order valence-corrected chi connectivity index (χ4v) is 4.08. The van der Waals surface area contributed by atoms with Crippen LogP contribution in [0.5, 0.6) is 5.75 Å². The van der Waals surface area contributed by atoms with Crippen molar-refractivity contribution in [2.75, 3.05) is 31.6 Å². The van der Waals surface area contributed by atoms with Crippen LogP contribution < -0.4 is 14.4 Å². The average molecular weight is 362 g/mol. The smallest absolute Gasteiger partial charge is 0.240 e. The standard InChI is InChI=1S/C17H22N4O3S/c1-24-15-4-6-16(7-5-15)25(22,23)20-11-14-3-2-10-21(13-14)17-12-18-8-9-19-17/h4-9,12,14,20H,2-3,10-11,13H2,1H3. The highest BCUT2D eigenvalue weighted by Gasteiger charge is 2.23. The third-order valence-electron chi connectivity index (χ3n) is 4.32. The summed E-state index contributed by atoms with van der Waals surface area (Å²) in [6, 6.07) is 6.39. The first-order valence-electron chi connectivity index (χ1n) is 8.23.